The van der Waals surface area contributed by atoms with Crippen LogP contribution in [0.25, 0.3) is 0 Å². The number of para-hydroxylation sites is 1. The number of anilines is 1. The minimum absolute atomic E-state index is 0.0138. The lowest BCUT2D eigenvalue weighted by molar-refractivity contribution is -0.113. The zero-order chi connectivity index (χ0) is 17.0. The Balaban J connectivity index is 2.41. The zero-order valence-electron chi connectivity index (χ0n) is 12.7. The highest BCUT2D eigenvalue weighted by Gasteiger charge is 2.24. The van der Waals surface area contributed by atoms with E-state index in [0.29, 0.717) is 0 Å². The predicted octanol–water partition coefficient (Wildman–Crippen LogP) is 3.45. The number of hydrogen-bond donors (Lipinski definition) is 1. The van der Waals surface area contributed by atoms with Gasteiger partial charge in [0, 0.05) is 6.20 Å². The van der Waals surface area contributed by atoms with Crippen molar-refractivity contribution in [2.24, 2.45) is 0 Å². The normalized spacial score (nSPS) is 12.0. The van der Waals surface area contributed by atoms with Crippen LogP contribution in [0.1, 0.15) is 12.5 Å². The number of carbonyl (C=O) groups excluding carboxylic acids is 1. The molecule has 2 aromatic rings. The molecule has 2 aromatic carbocycles. The summed E-state index contributed by atoms with van der Waals surface area (Å²) in [5, 5.41) is 2.54. The van der Waals surface area contributed by atoms with Crippen LogP contribution in [0, 0.1) is 12.7 Å². The Bertz CT molecular complexity index is 856. The number of ketones is 1. The van der Waals surface area contributed by atoms with E-state index >= 15 is 0 Å². The molecule has 23 heavy (non-hydrogen) atoms. The monoisotopic (exact) mass is 333 g/mol. The number of sulfone groups is 1. The van der Waals surface area contributed by atoms with E-state index in [1.54, 1.807) is 18.2 Å². The highest BCUT2D eigenvalue weighted by molar-refractivity contribution is 7.96. The first-order chi connectivity index (χ1) is 10.8. The summed E-state index contributed by atoms with van der Waals surface area (Å²) in [6.07, 6.45) is 1.02. The fourth-order valence-corrected chi connectivity index (χ4v) is 3.28. The van der Waals surface area contributed by atoms with Crippen LogP contribution in [0.2, 0.25) is 0 Å². The minimum Gasteiger partial charge on any atom is -0.358 e. The van der Waals surface area contributed by atoms with Crippen LogP contribution in [0.3, 0.4) is 0 Å². The summed E-state index contributed by atoms with van der Waals surface area (Å²) in [5.41, 5.74) is 0.993. The summed E-state index contributed by atoms with van der Waals surface area (Å²) in [5.74, 6) is -1.17. The molecule has 0 spiro atoms. The molecule has 0 saturated carbocycles. The number of aryl methyl sites for hydroxylation is 1. The maximum atomic E-state index is 13.6. The molecule has 0 saturated heterocycles. The predicted molar refractivity (Wildman–Crippen MR) is 87.2 cm³/mol. The van der Waals surface area contributed by atoms with Crippen molar-refractivity contribution in [3.63, 3.8) is 0 Å². The Morgan fingerprint density at radius 3 is 2.26 bits per heavy atom. The molecule has 0 aromatic heterocycles. The lowest BCUT2D eigenvalue weighted by Crippen LogP contribution is -2.13. The zero-order valence-corrected chi connectivity index (χ0v) is 13.5. The van der Waals surface area contributed by atoms with Crippen LogP contribution in [0.4, 0.5) is 10.1 Å². The minimum atomic E-state index is -3.97. The molecule has 0 fully saturated rings. The lowest BCUT2D eigenvalue weighted by atomic mass is 10.2. The van der Waals surface area contributed by atoms with Gasteiger partial charge in [-0.05, 0) is 38.1 Å². The third-order valence-electron chi connectivity index (χ3n) is 3.20. The van der Waals surface area contributed by atoms with Gasteiger partial charge in [0.25, 0.3) is 0 Å². The first kappa shape index (κ1) is 16.9. The van der Waals surface area contributed by atoms with Crippen molar-refractivity contribution in [1.29, 1.82) is 0 Å². The average molecular weight is 333 g/mol. The third kappa shape index (κ3) is 3.84. The SMILES string of the molecule is CC(=O)C(=CNc1ccccc1F)S(=O)(=O)c1ccc(C)cc1. The van der Waals surface area contributed by atoms with Crippen LogP contribution >= 0.6 is 0 Å². The fraction of sp³-hybridized carbons (Fsp3) is 0.118. The van der Waals surface area contributed by atoms with Gasteiger partial charge in [-0.2, -0.15) is 0 Å². The fourth-order valence-electron chi connectivity index (χ4n) is 1.93. The number of nitrogens with one attached hydrogen (secondary N) is 1. The van der Waals surface area contributed by atoms with Crippen molar-refractivity contribution < 1.29 is 17.6 Å². The number of benzene rings is 2. The third-order valence-corrected chi connectivity index (χ3v) is 5.08. The molecule has 120 valence electrons. The Morgan fingerprint density at radius 1 is 1.09 bits per heavy atom. The van der Waals surface area contributed by atoms with Gasteiger partial charge in [-0.25, -0.2) is 12.8 Å². The molecule has 0 amide bonds. The van der Waals surface area contributed by atoms with E-state index in [-0.39, 0.29) is 10.6 Å². The van der Waals surface area contributed by atoms with E-state index in [4.69, 9.17) is 0 Å². The second kappa shape index (κ2) is 6.75. The quantitative estimate of drug-likeness (QED) is 0.851. The molecular weight excluding hydrogens is 317 g/mol. The highest BCUT2D eigenvalue weighted by atomic mass is 32.2. The smallest absolute Gasteiger partial charge is 0.211 e. The number of hydrogen-bond acceptors (Lipinski definition) is 4. The first-order valence-corrected chi connectivity index (χ1v) is 8.34. The van der Waals surface area contributed by atoms with E-state index in [0.717, 1.165) is 18.7 Å². The number of Topliss-reactive ketones (excluding diaryl/α,β-unsaturated/α-hetero) is 1. The highest BCUT2D eigenvalue weighted by Crippen LogP contribution is 2.21. The van der Waals surface area contributed by atoms with E-state index < -0.39 is 26.3 Å². The van der Waals surface area contributed by atoms with E-state index in [9.17, 15) is 17.6 Å². The van der Waals surface area contributed by atoms with E-state index in [1.807, 2.05) is 6.92 Å². The Hall–Kier alpha value is -2.47. The van der Waals surface area contributed by atoms with Gasteiger partial charge in [0.05, 0.1) is 10.6 Å². The van der Waals surface area contributed by atoms with Crippen LogP contribution in [0.15, 0.2) is 64.5 Å². The molecule has 6 heteroatoms. The van der Waals surface area contributed by atoms with Gasteiger partial charge in [-0.1, -0.05) is 29.8 Å². The van der Waals surface area contributed by atoms with Crippen molar-refractivity contribution in [2.75, 3.05) is 5.32 Å². The van der Waals surface area contributed by atoms with Crippen molar-refractivity contribution in [2.45, 2.75) is 18.7 Å². The maximum Gasteiger partial charge on any atom is 0.211 e. The molecule has 0 aliphatic carbocycles. The van der Waals surface area contributed by atoms with Crippen molar-refractivity contribution in [1.82, 2.24) is 0 Å². The largest absolute Gasteiger partial charge is 0.358 e. The Morgan fingerprint density at radius 2 is 1.70 bits per heavy atom. The molecule has 0 heterocycles. The molecule has 1 N–H and O–H groups in total. The molecular formula is C17H16FNO3S. The molecule has 0 atom stereocenters. The second-order valence-corrected chi connectivity index (χ2v) is 6.92. The second-order valence-electron chi connectivity index (χ2n) is 5.01. The number of carbonyl (C=O) groups is 1. The number of halogens is 1. The molecule has 2 rings (SSSR count). The van der Waals surface area contributed by atoms with Gasteiger partial charge >= 0.3 is 0 Å². The molecule has 0 aliphatic heterocycles. The molecule has 0 radical (unpaired) electrons. The summed E-state index contributed by atoms with van der Waals surface area (Å²) in [6, 6.07) is 12.0. The first-order valence-electron chi connectivity index (χ1n) is 6.86. The van der Waals surface area contributed by atoms with Crippen molar-refractivity contribution in [3.8, 4) is 0 Å². The van der Waals surface area contributed by atoms with Crippen LogP contribution in [-0.2, 0) is 14.6 Å². The van der Waals surface area contributed by atoms with Crippen LogP contribution < -0.4 is 5.32 Å². The standard InChI is InChI=1S/C17H16FNO3S/c1-12-7-9-14(10-8-12)23(21,22)17(13(2)20)11-19-16-6-4-3-5-15(16)18/h3-11,19H,1-2H3. The number of rotatable bonds is 5. The summed E-state index contributed by atoms with van der Waals surface area (Å²) >= 11 is 0. The van der Waals surface area contributed by atoms with Crippen LogP contribution in [0.5, 0.6) is 0 Å². The average Bonchev–Trinajstić information content (AvgIpc) is 2.49. The van der Waals surface area contributed by atoms with E-state index in [2.05, 4.69) is 5.32 Å². The number of allylic oxidation sites excluding steroid dienone is 1. The van der Waals surface area contributed by atoms with Gasteiger partial charge in [0.1, 0.15) is 10.7 Å². The van der Waals surface area contributed by atoms with Crippen molar-refractivity contribution in [3.05, 3.63) is 71.0 Å². The summed E-state index contributed by atoms with van der Waals surface area (Å²) in [4.78, 5) is 11.3. The molecule has 0 unspecified atom stereocenters. The van der Waals surface area contributed by atoms with Gasteiger partial charge in [0.2, 0.25) is 9.84 Å². The summed E-state index contributed by atoms with van der Waals surface area (Å²) < 4.78 is 38.7. The van der Waals surface area contributed by atoms with Gasteiger partial charge in [0.15, 0.2) is 5.78 Å². The van der Waals surface area contributed by atoms with Crippen LogP contribution in [-0.4, -0.2) is 14.2 Å². The van der Waals surface area contributed by atoms with Gasteiger partial charge in [-0.15, -0.1) is 0 Å². The van der Waals surface area contributed by atoms with Gasteiger partial charge < -0.3 is 5.32 Å². The molecule has 0 bridgehead atoms. The lowest BCUT2D eigenvalue weighted by Gasteiger charge is -2.08. The van der Waals surface area contributed by atoms with E-state index in [1.165, 1.54) is 30.3 Å². The maximum absolute atomic E-state index is 13.6. The van der Waals surface area contributed by atoms with Crippen molar-refractivity contribution >= 4 is 21.3 Å². The summed E-state index contributed by atoms with van der Waals surface area (Å²) in [6.45, 7) is 2.98. The van der Waals surface area contributed by atoms with Gasteiger partial charge in [-0.3, -0.25) is 4.79 Å². The Labute approximate surface area is 134 Å². The molecule has 4 nitrogen and oxygen atoms in total. The Kier molecular flexibility index (Phi) is 4.95. The topological polar surface area (TPSA) is 63.2 Å². The summed E-state index contributed by atoms with van der Waals surface area (Å²) in [7, 11) is -3.97. The molecule has 0 aliphatic rings.